The van der Waals surface area contributed by atoms with Gasteiger partial charge in [-0.2, -0.15) is 5.06 Å². The zero-order valence-corrected chi connectivity index (χ0v) is 10.4. The third-order valence-corrected chi connectivity index (χ3v) is 3.15. The average molecular weight is 247 g/mol. The number of hydrogen-bond donors (Lipinski definition) is 2. The Balaban J connectivity index is 1.67. The Hall–Kier alpha value is -1.43. The zero-order chi connectivity index (χ0) is 12.5. The highest BCUT2D eigenvalue weighted by Crippen LogP contribution is 2.14. The van der Waals surface area contributed by atoms with E-state index < -0.39 is 0 Å². The minimum atomic E-state index is -0.358. The number of fused-ring (bicyclic) bond motifs is 1. The lowest BCUT2D eigenvalue weighted by atomic mass is 10.2. The number of rotatable bonds is 3. The number of benzene rings is 1. The van der Waals surface area contributed by atoms with Crippen LogP contribution in [-0.4, -0.2) is 45.9 Å². The van der Waals surface area contributed by atoms with Crippen LogP contribution >= 0.6 is 0 Å². The standard InChI is InChI=1S/C13H17N3O2/c1-9-2-3-11-12(6-9)15-13(14-11)4-5-16-7-10(17)8-18-16/h2-3,6,10,17H,4-5,7-8H2,1H3,(H,14,15). The Kier molecular flexibility index (Phi) is 3.03. The van der Waals surface area contributed by atoms with Gasteiger partial charge in [0.05, 0.1) is 30.3 Å². The number of hydrogen-bond acceptors (Lipinski definition) is 4. The molecule has 1 saturated heterocycles. The highest BCUT2D eigenvalue weighted by atomic mass is 16.7. The Labute approximate surface area is 105 Å². The second-order valence-electron chi connectivity index (χ2n) is 4.79. The summed E-state index contributed by atoms with van der Waals surface area (Å²) >= 11 is 0. The van der Waals surface area contributed by atoms with Gasteiger partial charge in [-0.1, -0.05) is 6.07 Å². The van der Waals surface area contributed by atoms with Crippen LogP contribution in [0, 0.1) is 6.92 Å². The molecule has 1 aliphatic heterocycles. The van der Waals surface area contributed by atoms with E-state index in [9.17, 15) is 5.11 Å². The third kappa shape index (κ3) is 2.38. The molecule has 1 atom stereocenters. The van der Waals surface area contributed by atoms with Crippen molar-refractivity contribution in [2.45, 2.75) is 19.4 Å². The fourth-order valence-electron chi connectivity index (χ4n) is 2.21. The number of aliphatic hydroxyl groups is 1. The van der Waals surface area contributed by atoms with Gasteiger partial charge >= 0.3 is 0 Å². The molecule has 2 heterocycles. The van der Waals surface area contributed by atoms with Crippen LogP contribution in [0.15, 0.2) is 18.2 Å². The fourth-order valence-corrected chi connectivity index (χ4v) is 2.21. The van der Waals surface area contributed by atoms with E-state index in [0.717, 1.165) is 29.8 Å². The summed E-state index contributed by atoms with van der Waals surface area (Å²) in [7, 11) is 0. The molecule has 3 rings (SSSR count). The number of β-amino-alcohol motifs (C(OH)–C–C–N with tert-alkyl or cyclic N) is 1. The summed E-state index contributed by atoms with van der Waals surface area (Å²) < 4.78 is 0. The summed E-state index contributed by atoms with van der Waals surface area (Å²) in [5.41, 5.74) is 3.30. The molecule has 0 spiro atoms. The first kappa shape index (κ1) is 11.6. The third-order valence-electron chi connectivity index (χ3n) is 3.15. The van der Waals surface area contributed by atoms with Crippen molar-refractivity contribution in [1.29, 1.82) is 0 Å². The van der Waals surface area contributed by atoms with Gasteiger partial charge < -0.3 is 10.1 Å². The second kappa shape index (κ2) is 4.68. The number of hydroxylamine groups is 2. The molecule has 0 saturated carbocycles. The van der Waals surface area contributed by atoms with Crippen LogP contribution in [0.5, 0.6) is 0 Å². The van der Waals surface area contributed by atoms with Crippen molar-refractivity contribution < 1.29 is 9.94 Å². The molecule has 0 radical (unpaired) electrons. The lowest BCUT2D eigenvalue weighted by Gasteiger charge is -2.11. The number of nitrogens with zero attached hydrogens (tertiary/aromatic N) is 2. The van der Waals surface area contributed by atoms with Gasteiger partial charge in [0.15, 0.2) is 0 Å². The quantitative estimate of drug-likeness (QED) is 0.850. The molecular formula is C13H17N3O2. The smallest absolute Gasteiger partial charge is 0.108 e. The van der Waals surface area contributed by atoms with Crippen molar-refractivity contribution in [2.75, 3.05) is 19.7 Å². The average Bonchev–Trinajstić information content (AvgIpc) is 2.92. The highest BCUT2D eigenvalue weighted by molar-refractivity contribution is 5.75. The Morgan fingerprint density at radius 3 is 3.22 bits per heavy atom. The maximum absolute atomic E-state index is 9.35. The Morgan fingerprint density at radius 1 is 1.56 bits per heavy atom. The van der Waals surface area contributed by atoms with Gasteiger partial charge in [-0.25, -0.2) is 4.98 Å². The first-order valence-electron chi connectivity index (χ1n) is 6.22. The lowest BCUT2D eigenvalue weighted by Crippen LogP contribution is -2.23. The summed E-state index contributed by atoms with van der Waals surface area (Å²) in [6, 6.07) is 6.19. The van der Waals surface area contributed by atoms with Crippen LogP contribution in [0.4, 0.5) is 0 Å². The molecule has 5 heteroatoms. The van der Waals surface area contributed by atoms with Crippen molar-refractivity contribution in [3.05, 3.63) is 29.6 Å². The Morgan fingerprint density at radius 2 is 2.44 bits per heavy atom. The summed E-state index contributed by atoms with van der Waals surface area (Å²) in [4.78, 5) is 13.2. The summed E-state index contributed by atoms with van der Waals surface area (Å²) in [5.74, 6) is 0.959. The zero-order valence-electron chi connectivity index (χ0n) is 10.4. The van der Waals surface area contributed by atoms with E-state index in [1.54, 1.807) is 5.06 Å². The van der Waals surface area contributed by atoms with Crippen LogP contribution in [0.1, 0.15) is 11.4 Å². The molecule has 96 valence electrons. The largest absolute Gasteiger partial charge is 0.389 e. The van der Waals surface area contributed by atoms with E-state index in [1.807, 2.05) is 6.07 Å². The van der Waals surface area contributed by atoms with Crippen LogP contribution in [0.25, 0.3) is 11.0 Å². The molecule has 0 bridgehead atoms. The SMILES string of the molecule is Cc1ccc2nc(CCN3CC(O)CO3)[nH]c2c1. The van der Waals surface area contributed by atoms with E-state index in [4.69, 9.17) is 4.84 Å². The molecule has 0 aliphatic carbocycles. The maximum Gasteiger partial charge on any atom is 0.108 e. The molecule has 1 fully saturated rings. The highest BCUT2D eigenvalue weighted by Gasteiger charge is 2.21. The summed E-state index contributed by atoms with van der Waals surface area (Å²) in [5, 5.41) is 11.1. The fraction of sp³-hybridized carbons (Fsp3) is 0.462. The number of imidazole rings is 1. The monoisotopic (exact) mass is 247 g/mol. The topological polar surface area (TPSA) is 61.4 Å². The van der Waals surface area contributed by atoms with Crippen molar-refractivity contribution in [2.24, 2.45) is 0 Å². The molecule has 2 aromatic rings. The van der Waals surface area contributed by atoms with Gasteiger partial charge in [0, 0.05) is 13.0 Å². The molecular weight excluding hydrogens is 230 g/mol. The number of aromatic amines is 1. The first-order valence-corrected chi connectivity index (χ1v) is 6.22. The predicted octanol–water partition coefficient (Wildman–Crippen LogP) is 1.02. The molecule has 18 heavy (non-hydrogen) atoms. The van der Waals surface area contributed by atoms with Crippen molar-refractivity contribution >= 4 is 11.0 Å². The van der Waals surface area contributed by atoms with E-state index in [2.05, 4.69) is 29.0 Å². The van der Waals surface area contributed by atoms with E-state index in [-0.39, 0.29) is 6.10 Å². The number of H-pyrrole nitrogens is 1. The van der Waals surface area contributed by atoms with Crippen molar-refractivity contribution in [1.82, 2.24) is 15.0 Å². The maximum atomic E-state index is 9.35. The molecule has 2 N–H and O–H groups in total. The molecule has 1 aromatic heterocycles. The second-order valence-corrected chi connectivity index (χ2v) is 4.79. The lowest BCUT2D eigenvalue weighted by molar-refractivity contribution is -0.109. The molecule has 5 nitrogen and oxygen atoms in total. The van der Waals surface area contributed by atoms with Gasteiger partial charge in [0.1, 0.15) is 5.82 Å². The molecule has 1 aliphatic rings. The minimum Gasteiger partial charge on any atom is -0.389 e. The molecule has 0 amide bonds. The van der Waals surface area contributed by atoms with Crippen LogP contribution in [0.3, 0.4) is 0 Å². The summed E-state index contributed by atoms with van der Waals surface area (Å²) in [6.07, 6.45) is 0.434. The van der Waals surface area contributed by atoms with E-state index in [1.165, 1.54) is 5.56 Å². The van der Waals surface area contributed by atoms with Crippen LogP contribution in [-0.2, 0) is 11.3 Å². The molecule has 1 aromatic carbocycles. The number of aryl methyl sites for hydroxylation is 1. The van der Waals surface area contributed by atoms with Crippen LogP contribution < -0.4 is 0 Å². The minimum absolute atomic E-state index is 0.358. The number of aromatic nitrogens is 2. The first-order chi connectivity index (χ1) is 8.70. The predicted molar refractivity (Wildman–Crippen MR) is 68.1 cm³/mol. The van der Waals surface area contributed by atoms with Crippen LogP contribution in [0.2, 0.25) is 0 Å². The number of aliphatic hydroxyl groups excluding tert-OH is 1. The van der Waals surface area contributed by atoms with Crippen molar-refractivity contribution in [3.8, 4) is 0 Å². The van der Waals surface area contributed by atoms with Gasteiger partial charge in [0.2, 0.25) is 0 Å². The number of nitrogens with one attached hydrogen (secondary N) is 1. The Bertz CT molecular complexity index is 552. The van der Waals surface area contributed by atoms with Crippen molar-refractivity contribution in [3.63, 3.8) is 0 Å². The van der Waals surface area contributed by atoms with E-state index in [0.29, 0.717) is 13.2 Å². The van der Waals surface area contributed by atoms with Gasteiger partial charge in [-0.3, -0.25) is 4.84 Å². The van der Waals surface area contributed by atoms with Gasteiger partial charge in [-0.15, -0.1) is 0 Å². The van der Waals surface area contributed by atoms with Gasteiger partial charge in [-0.05, 0) is 24.6 Å². The van der Waals surface area contributed by atoms with Gasteiger partial charge in [0.25, 0.3) is 0 Å². The normalized spacial score (nSPS) is 20.9. The van der Waals surface area contributed by atoms with E-state index >= 15 is 0 Å². The molecule has 1 unspecified atom stereocenters. The summed E-state index contributed by atoms with van der Waals surface area (Å²) in [6.45, 7) is 3.80.